The van der Waals surface area contributed by atoms with Crippen molar-refractivity contribution in [2.24, 2.45) is 0 Å². The lowest BCUT2D eigenvalue weighted by molar-refractivity contribution is -0.120. The summed E-state index contributed by atoms with van der Waals surface area (Å²) in [5, 5.41) is 3.81. The van der Waals surface area contributed by atoms with Gasteiger partial charge < -0.3 is 5.32 Å². The lowest BCUT2D eigenvalue weighted by Gasteiger charge is -2.05. The Hall–Kier alpha value is -1.75. The van der Waals surface area contributed by atoms with Gasteiger partial charge in [0.15, 0.2) is 0 Å². The number of aromatic nitrogens is 1. The minimum atomic E-state index is -0.337. The van der Waals surface area contributed by atoms with E-state index < -0.39 is 0 Å². The van der Waals surface area contributed by atoms with E-state index in [1.807, 2.05) is 13.1 Å². The first-order chi connectivity index (χ1) is 9.15. The number of rotatable bonds is 5. The molecule has 5 heteroatoms. The fraction of sp³-hybridized carbons (Fsp3) is 0.286. The van der Waals surface area contributed by atoms with Crippen molar-refractivity contribution in [3.05, 3.63) is 51.7 Å². The summed E-state index contributed by atoms with van der Waals surface area (Å²) >= 11 is 1.62. The molecule has 0 spiro atoms. The summed E-state index contributed by atoms with van der Waals surface area (Å²) in [5.41, 5.74) is 0.425. The third-order valence-electron chi connectivity index (χ3n) is 2.67. The zero-order valence-electron chi connectivity index (χ0n) is 10.6. The maximum Gasteiger partial charge on any atom is 0.224 e. The maximum absolute atomic E-state index is 13.4. The Kier molecular flexibility index (Phi) is 4.63. The fourth-order valence-electron chi connectivity index (χ4n) is 1.72. The van der Waals surface area contributed by atoms with Crippen molar-refractivity contribution in [3.63, 3.8) is 0 Å². The van der Waals surface area contributed by atoms with Crippen LogP contribution in [0, 0.1) is 12.7 Å². The van der Waals surface area contributed by atoms with Crippen molar-refractivity contribution in [3.8, 4) is 0 Å². The molecule has 1 amide bonds. The second-order valence-corrected chi connectivity index (χ2v) is 5.53. The molecule has 0 bridgehead atoms. The van der Waals surface area contributed by atoms with E-state index in [9.17, 15) is 9.18 Å². The summed E-state index contributed by atoms with van der Waals surface area (Å²) in [7, 11) is 0. The van der Waals surface area contributed by atoms with Crippen molar-refractivity contribution >= 4 is 17.2 Å². The number of aryl methyl sites for hydroxylation is 1. The van der Waals surface area contributed by atoms with Crippen molar-refractivity contribution < 1.29 is 9.18 Å². The van der Waals surface area contributed by atoms with Crippen LogP contribution in [0.5, 0.6) is 0 Å². The van der Waals surface area contributed by atoms with Gasteiger partial charge in [0.25, 0.3) is 0 Å². The third kappa shape index (κ3) is 4.13. The molecule has 0 aliphatic carbocycles. The van der Waals surface area contributed by atoms with E-state index in [0.29, 0.717) is 12.1 Å². The van der Waals surface area contributed by atoms with Gasteiger partial charge >= 0.3 is 0 Å². The lowest BCUT2D eigenvalue weighted by atomic mass is 10.1. The molecule has 0 atom stereocenters. The Morgan fingerprint density at radius 2 is 2.21 bits per heavy atom. The molecule has 2 rings (SSSR count). The highest BCUT2D eigenvalue weighted by atomic mass is 32.1. The summed E-state index contributed by atoms with van der Waals surface area (Å²) in [6.07, 6.45) is 2.66. The van der Waals surface area contributed by atoms with E-state index in [4.69, 9.17) is 0 Å². The number of hydrogen-bond donors (Lipinski definition) is 1. The first kappa shape index (κ1) is 13.7. The summed E-state index contributed by atoms with van der Waals surface area (Å²) in [5.74, 6) is -0.498. The van der Waals surface area contributed by atoms with Crippen LogP contribution in [0.25, 0.3) is 0 Å². The van der Waals surface area contributed by atoms with Crippen LogP contribution >= 0.6 is 11.3 Å². The second kappa shape index (κ2) is 6.43. The molecule has 1 aromatic carbocycles. The molecule has 19 heavy (non-hydrogen) atoms. The zero-order valence-corrected chi connectivity index (χ0v) is 11.5. The van der Waals surface area contributed by atoms with Crippen LogP contribution in [0.1, 0.15) is 15.4 Å². The number of nitrogens with one attached hydrogen (secondary N) is 1. The largest absolute Gasteiger partial charge is 0.355 e. The smallest absolute Gasteiger partial charge is 0.224 e. The van der Waals surface area contributed by atoms with Gasteiger partial charge in [-0.2, -0.15) is 0 Å². The summed E-state index contributed by atoms with van der Waals surface area (Å²) in [4.78, 5) is 17.0. The van der Waals surface area contributed by atoms with Crippen LogP contribution in [0.2, 0.25) is 0 Å². The number of carbonyl (C=O) groups is 1. The first-order valence-electron chi connectivity index (χ1n) is 6.06. The normalized spacial score (nSPS) is 10.4. The first-order valence-corrected chi connectivity index (χ1v) is 6.88. The monoisotopic (exact) mass is 278 g/mol. The number of amides is 1. The topological polar surface area (TPSA) is 42.0 Å². The molecule has 0 aliphatic heterocycles. The average molecular weight is 278 g/mol. The molecule has 0 fully saturated rings. The van der Waals surface area contributed by atoms with Crippen molar-refractivity contribution in [1.82, 2.24) is 10.3 Å². The van der Waals surface area contributed by atoms with Gasteiger partial charge in [-0.25, -0.2) is 9.37 Å². The van der Waals surface area contributed by atoms with Crippen LogP contribution < -0.4 is 5.32 Å². The van der Waals surface area contributed by atoms with Crippen molar-refractivity contribution in [2.45, 2.75) is 19.8 Å². The lowest BCUT2D eigenvalue weighted by Crippen LogP contribution is -2.27. The van der Waals surface area contributed by atoms with Gasteiger partial charge in [0, 0.05) is 24.0 Å². The number of carbonyl (C=O) groups excluding carboxylic acids is 1. The predicted octanol–water partition coefficient (Wildman–Crippen LogP) is 2.49. The van der Waals surface area contributed by atoms with Crippen molar-refractivity contribution in [1.29, 1.82) is 0 Å². The molecule has 0 unspecified atom stereocenters. The second-order valence-electron chi connectivity index (χ2n) is 4.21. The highest BCUT2D eigenvalue weighted by Crippen LogP contribution is 2.11. The van der Waals surface area contributed by atoms with Gasteiger partial charge in [-0.1, -0.05) is 18.2 Å². The number of hydrogen-bond acceptors (Lipinski definition) is 3. The van der Waals surface area contributed by atoms with Gasteiger partial charge in [0.05, 0.1) is 11.4 Å². The Balaban J connectivity index is 1.77. The summed E-state index contributed by atoms with van der Waals surface area (Å²) in [6, 6.07) is 6.33. The van der Waals surface area contributed by atoms with E-state index in [0.717, 1.165) is 16.3 Å². The van der Waals surface area contributed by atoms with Crippen LogP contribution in [0.3, 0.4) is 0 Å². The molecule has 1 heterocycles. The van der Waals surface area contributed by atoms with E-state index >= 15 is 0 Å². The molecule has 3 nitrogen and oxygen atoms in total. The van der Waals surface area contributed by atoms with Gasteiger partial charge in [-0.05, 0) is 18.6 Å². The minimum absolute atomic E-state index is 0.0778. The van der Waals surface area contributed by atoms with Gasteiger partial charge in [0.2, 0.25) is 5.91 Å². The molecule has 0 radical (unpaired) electrons. The molecule has 0 aliphatic rings. The number of halogens is 1. The molecule has 1 aromatic heterocycles. The van der Waals surface area contributed by atoms with Crippen LogP contribution in [-0.4, -0.2) is 17.4 Å². The Labute approximate surface area is 115 Å². The summed E-state index contributed by atoms with van der Waals surface area (Å²) < 4.78 is 13.4. The molecule has 2 aromatic rings. The van der Waals surface area contributed by atoms with Crippen LogP contribution in [0.15, 0.2) is 30.5 Å². The third-order valence-corrected chi connectivity index (χ3v) is 3.64. The van der Waals surface area contributed by atoms with E-state index in [1.165, 1.54) is 6.07 Å². The molecular formula is C14H15FN2OS. The Morgan fingerprint density at radius 1 is 1.42 bits per heavy atom. The molecule has 0 saturated carbocycles. The Morgan fingerprint density at radius 3 is 2.89 bits per heavy atom. The molecule has 100 valence electrons. The number of benzene rings is 1. The number of nitrogens with zero attached hydrogens (tertiary/aromatic N) is 1. The highest BCUT2D eigenvalue weighted by molar-refractivity contribution is 7.11. The fourth-order valence-corrected chi connectivity index (χ4v) is 2.52. The van der Waals surface area contributed by atoms with Crippen molar-refractivity contribution in [2.75, 3.05) is 6.54 Å². The molecule has 1 N–H and O–H groups in total. The van der Waals surface area contributed by atoms with Crippen LogP contribution in [0.4, 0.5) is 4.39 Å². The van der Waals surface area contributed by atoms with Gasteiger partial charge in [0.1, 0.15) is 5.82 Å². The highest BCUT2D eigenvalue weighted by Gasteiger charge is 2.07. The standard InChI is InChI=1S/C14H15FN2OS/c1-10-17-9-12(19-10)6-7-16-14(18)8-11-4-2-3-5-13(11)15/h2-5,9H,6-8H2,1H3,(H,16,18). The molecular weight excluding hydrogens is 263 g/mol. The average Bonchev–Trinajstić information content (AvgIpc) is 2.78. The number of thiazole rings is 1. The SMILES string of the molecule is Cc1ncc(CCNC(=O)Cc2ccccc2F)s1. The quantitative estimate of drug-likeness (QED) is 0.913. The summed E-state index contributed by atoms with van der Waals surface area (Å²) in [6.45, 7) is 2.50. The molecule has 0 saturated heterocycles. The Bertz CT molecular complexity index is 568. The predicted molar refractivity (Wildman–Crippen MR) is 73.7 cm³/mol. The van der Waals surface area contributed by atoms with Crippen LogP contribution in [-0.2, 0) is 17.6 Å². The van der Waals surface area contributed by atoms with E-state index in [-0.39, 0.29) is 18.1 Å². The van der Waals surface area contributed by atoms with Gasteiger partial charge in [-0.3, -0.25) is 4.79 Å². The maximum atomic E-state index is 13.4. The van der Waals surface area contributed by atoms with E-state index in [2.05, 4.69) is 10.3 Å². The minimum Gasteiger partial charge on any atom is -0.355 e. The zero-order chi connectivity index (χ0) is 13.7. The van der Waals surface area contributed by atoms with E-state index in [1.54, 1.807) is 29.5 Å². The van der Waals surface area contributed by atoms with Gasteiger partial charge in [-0.15, -0.1) is 11.3 Å².